The molecule has 8 nitrogen and oxygen atoms in total. The number of amides is 1. The van der Waals surface area contributed by atoms with Gasteiger partial charge >= 0.3 is 0 Å². The van der Waals surface area contributed by atoms with Gasteiger partial charge in [0.1, 0.15) is 18.5 Å². The lowest BCUT2D eigenvalue weighted by atomic mass is 10.2. The van der Waals surface area contributed by atoms with Gasteiger partial charge in [0.05, 0.1) is 23.7 Å². The Hall–Kier alpha value is -3.72. The van der Waals surface area contributed by atoms with E-state index >= 15 is 0 Å². The van der Waals surface area contributed by atoms with Crippen LogP contribution < -0.4 is 23.8 Å². The third kappa shape index (κ3) is 4.26. The standard InChI is InChI=1S/C25H24N2O6S/c1-17-10-12-19(13-11-17)34(29,30)27-15-24(33-21-7-3-2-6-20(21)27)25(28)26-14-18-16-31-22-8-4-5-9-23(22)32-18/h2-13,18,24H,14-16H2,1H3,(H,26,28)/t18-,24+/m0/s1. The van der Waals surface area contributed by atoms with Crippen molar-refractivity contribution < 1.29 is 27.4 Å². The molecule has 0 bridgehead atoms. The van der Waals surface area contributed by atoms with Crippen molar-refractivity contribution in [3.05, 3.63) is 78.4 Å². The van der Waals surface area contributed by atoms with Crippen LogP contribution in [0, 0.1) is 6.92 Å². The summed E-state index contributed by atoms with van der Waals surface area (Å²) in [4.78, 5) is 13.1. The molecular weight excluding hydrogens is 456 g/mol. The summed E-state index contributed by atoms with van der Waals surface area (Å²) in [6.45, 7) is 2.23. The maximum Gasteiger partial charge on any atom is 0.264 e. The Labute approximate surface area is 198 Å². The SMILES string of the molecule is Cc1ccc(S(=O)(=O)N2C[C@H](C(=O)NC[C@H]3COc4ccccc4O3)Oc3ccccc32)cc1. The third-order valence-electron chi connectivity index (χ3n) is 5.71. The normalized spacial score (nSPS) is 19.0. The highest BCUT2D eigenvalue weighted by Gasteiger charge is 2.37. The highest BCUT2D eigenvalue weighted by molar-refractivity contribution is 7.92. The van der Waals surface area contributed by atoms with Gasteiger partial charge in [-0.15, -0.1) is 0 Å². The zero-order chi connectivity index (χ0) is 23.7. The van der Waals surface area contributed by atoms with Crippen molar-refractivity contribution in [1.29, 1.82) is 0 Å². The first-order valence-corrected chi connectivity index (χ1v) is 12.4. The molecule has 176 valence electrons. The molecule has 2 aliphatic heterocycles. The summed E-state index contributed by atoms with van der Waals surface area (Å²) in [5, 5.41) is 2.81. The van der Waals surface area contributed by atoms with Gasteiger partial charge in [-0.05, 0) is 43.3 Å². The van der Waals surface area contributed by atoms with E-state index in [1.165, 1.54) is 4.31 Å². The van der Waals surface area contributed by atoms with E-state index in [-0.39, 0.29) is 24.1 Å². The van der Waals surface area contributed by atoms with Crippen LogP contribution in [0.3, 0.4) is 0 Å². The molecule has 0 saturated heterocycles. The van der Waals surface area contributed by atoms with Gasteiger partial charge in [-0.3, -0.25) is 9.10 Å². The van der Waals surface area contributed by atoms with Gasteiger partial charge in [-0.1, -0.05) is 42.0 Å². The third-order valence-corrected chi connectivity index (χ3v) is 7.50. The number of carbonyl (C=O) groups excluding carboxylic acids is 1. The second-order valence-electron chi connectivity index (χ2n) is 8.17. The van der Waals surface area contributed by atoms with E-state index in [9.17, 15) is 13.2 Å². The van der Waals surface area contributed by atoms with Gasteiger partial charge in [0.2, 0.25) is 0 Å². The Morgan fingerprint density at radius 2 is 1.62 bits per heavy atom. The average Bonchev–Trinajstić information content (AvgIpc) is 2.86. The van der Waals surface area contributed by atoms with Gasteiger partial charge in [0, 0.05) is 0 Å². The zero-order valence-electron chi connectivity index (χ0n) is 18.5. The van der Waals surface area contributed by atoms with Crippen LogP contribution in [0.4, 0.5) is 5.69 Å². The summed E-state index contributed by atoms with van der Waals surface area (Å²) in [5.41, 5.74) is 1.35. The predicted molar refractivity (Wildman–Crippen MR) is 126 cm³/mol. The zero-order valence-corrected chi connectivity index (χ0v) is 19.3. The molecule has 3 aromatic carbocycles. The topological polar surface area (TPSA) is 94.2 Å². The number of para-hydroxylation sites is 4. The maximum absolute atomic E-state index is 13.5. The van der Waals surface area contributed by atoms with Crippen LogP contribution in [0.5, 0.6) is 17.2 Å². The molecule has 0 unspecified atom stereocenters. The first kappa shape index (κ1) is 22.1. The lowest BCUT2D eigenvalue weighted by molar-refractivity contribution is -0.128. The van der Waals surface area contributed by atoms with Gasteiger partial charge < -0.3 is 19.5 Å². The van der Waals surface area contributed by atoms with E-state index in [0.717, 1.165) is 5.56 Å². The number of hydrogen-bond donors (Lipinski definition) is 1. The van der Waals surface area contributed by atoms with Gasteiger partial charge in [0.25, 0.3) is 15.9 Å². The first-order chi connectivity index (χ1) is 16.4. The van der Waals surface area contributed by atoms with E-state index < -0.39 is 22.0 Å². The number of nitrogens with zero attached hydrogens (tertiary/aromatic N) is 1. The Morgan fingerprint density at radius 1 is 0.941 bits per heavy atom. The summed E-state index contributed by atoms with van der Waals surface area (Å²) >= 11 is 0. The summed E-state index contributed by atoms with van der Waals surface area (Å²) in [5.74, 6) is 1.18. The molecule has 0 fully saturated rings. The van der Waals surface area contributed by atoms with Crippen LogP contribution in [0.25, 0.3) is 0 Å². The molecular formula is C25H24N2O6S. The van der Waals surface area contributed by atoms with Crippen LogP contribution in [0.15, 0.2) is 77.7 Å². The van der Waals surface area contributed by atoms with Crippen molar-refractivity contribution >= 4 is 21.6 Å². The number of aryl methyl sites for hydroxylation is 1. The summed E-state index contributed by atoms with van der Waals surface area (Å²) in [7, 11) is -3.90. The Kier molecular flexibility index (Phi) is 5.79. The molecule has 34 heavy (non-hydrogen) atoms. The highest BCUT2D eigenvalue weighted by Crippen LogP contribution is 2.37. The fourth-order valence-electron chi connectivity index (χ4n) is 3.90. The molecule has 5 rings (SSSR count). The number of nitrogens with one attached hydrogen (secondary N) is 1. The summed E-state index contributed by atoms with van der Waals surface area (Å²) in [6, 6.07) is 20.7. The average molecular weight is 481 g/mol. The Morgan fingerprint density at radius 3 is 2.38 bits per heavy atom. The van der Waals surface area contributed by atoms with Crippen LogP contribution >= 0.6 is 0 Å². The number of carbonyl (C=O) groups is 1. The van der Waals surface area contributed by atoms with Crippen molar-refractivity contribution in [3.63, 3.8) is 0 Å². The number of benzene rings is 3. The fraction of sp³-hybridized carbons (Fsp3) is 0.240. The molecule has 0 aromatic heterocycles. The fourth-order valence-corrected chi connectivity index (χ4v) is 5.37. The van der Waals surface area contributed by atoms with Crippen molar-refractivity contribution in [1.82, 2.24) is 5.32 Å². The van der Waals surface area contributed by atoms with Gasteiger partial charge in [0.15, 0.2) is 17.6 Å². The minimum absolute atomic E-state index is 0.149. The monoisotopic (exact) mass is 480 g/mol. The minimum Gasteiger partial charge on any atom is -0.486 e. The quantitative estimate of drug-likeness (QED) is 0.604. The Balaban J connectivity index is 1.32. The van der Waals surface area contributed by atoms with Crippen molar-refractivity contribution in [3.8, 4) is 17.2 Å². The first-order valence-electron chi connectivity index (χ1n) is 10.9. The molecule has 9 heteroatoms. The Bertz CT molecular complexity index is 1310. The molecule has 0 saturated carbocycles. The largest absolute Gasteiger partial charge is 0.486 e. The van der Waals surface area contributed by atoms with E-state index in [2.05, 4.69) is 5.32 Å². The van der Waals surface area contributed by atoms with E-state index in [1.807, 2.05) is 25.1 Å². The molecule has 0 radical (unpaired) electrons. The highest BCUT2D eigenvalue weighted by atomic mass is 32.2. The van der Waals surface area contributed by atoms with E-state index in [1.54, 1.807) is 54.6 Å². The van der Waals surface area contributed by atoms with Crippen molar-refractivity contribution in [2.45, 2.75) is 24.0 Å². The number of anilines is 1. The predicted octanol–water partition coefficient (Wildman–Crippen LogP) is 2.91. The van der Waals surface area contributed by atoms with Crippen LogP contribution in [-0.4, -0.2) is 46.2 Å². The maximum atomic E-state index is 13.5. The smallest absolute Gasteiger partial charge is 0.264 e. The molecule has 0 aliphatic carbocycles. The number of sulfonamides is 1. The number of fused-ring (bicyclic) bond motifs is 2. The van der Waals surface area contributed by atoms with Gasteiger partial charge in [-0.2, -0.15) is 0 Å². The molecule has 2 heterocycles. The summed E-state index contributed by atoms with van der Waals surface area (Å²) in [6.07, 6.45) is -1.39. The number of hydrogen-bond acceptors (Lipinski definition) is 6. The van der Waals surface area contributed by atoms with Crippen molar-refractivity contribution in [2.24, 2.45) is 0 Å². The lowest BCUT2D eigenvalue weighted by Gasteiger charge is -2.35. The molecule has 2 aliphatic rings. The van der Waals surface area contributed by atoms with Crippen LogP contribution in [0.2, 0.25) is 0 Å². The van der Waals surface area contributed by atoms with Gasteiger partial charge in [-0.25, -0.2) is 8.42 Å². The number of rotatable bonds is 5. The summed E-state index contributed by atoms with van der Waals surface area (Å²) < 4.78 is 45.6. The molecule has 1 amide bonds. The number of ether oxygens (including phenoxy) is 3. The van der Waals surface area contributed by atoms with E-state index in [4.69, 9.17) is 14.2 Å². The van der Waals surface area contributed by atoms with E-state index in [0.29, 0.717) is 29.5 Å². The van der Waals surface area contributed by atoms with Crippen LogP contribution in [0.1, 0.15) is 5.56 Å². The minimum atomic E-state index is -3.90. The second-order valence-corrected chi connectivity index (χ2v) is 10.0. The second kappa shape index (κ2) is 8.90. The lowest BCUT2D eigenvalue weighted by Crippen LogP contribution is -2.52. The molecule has 2 atom stereocenters. The van der Waals surface area contributed by atoms with Crippen LogP contribution in [-0.2, 0) is 14.8 Å². The molecule has 0 spiro atoms. The van der Waals surface area contributed by atoms with Crippen molar-refractivity contribution in [2.75, 3.05) is 24.0 Å². The molecule has 1 N–H and O–H groups in total. The molecule has 3 aromatic rings.